The van der Waals surface area contributed by atoms with E-state index in [-0.39, 0.29) is 0 Å². The van der Waals surface area contributed by atoms with Gasteiger partial charge in [0.15, 0.2) is 5.96 Å². The molecule has 0 aromatic carbocycles. The van der Waals surface area contributed by atoms with E-state index in [1.807, 2.05) is 23.0 Å². The van der Waals surface area contributed by atoms with E-state index in [9.17, 15) is 0 Å². The van der Waals surface area contributed by atoms with Crippen LogP contribution in [-0.2, 0) is 13.0 Å². The zero-order valence-electron chi connectivity index (χ0n) is 13.3. The molecule has 0 saturated heterocycles. The van der Waals surface area contributed by atoms with Crippen LogP contribution in [0.2, 0.25) is 0 Å². The van der Waals surface area contributed by atoms with Gasteiger partial charge < -0.3 is 14.8 Å². The molecule has 0 amide bonds. The molecule has 0 aliphatic heterocycles. The predicted octanol–water partition coefficient (Wildman–Crippen LogP) is 1.87. The third kappa shape index (κ3) is 5.48. The molecule has 0 fully saturated rings. The number of likely N-dealkylation sites (N-methyl/N-ethyl adjacent to an activating group) is 1. The molecule has 0 spiro atoms. The number of thiophene rings is 1. The largest absolute Gasteiger partial charge is 0.356 e. The smallest absolute Gasteiger partial charge is 0.193 e. The second kappa shape index (κ2) is 9.19. The summed E-state index contributed by atoms with van der Waals surface area (Å²) in [4.78, 5) is 7.94. The summed E-state index contributed by atoms with van der Waals surface area (Å²) in [6.07, 6.45) is 6.76. The van der Waals surface area contributed by atoms with Crippen LogP contribution in [0.3, 0.4) is 0 Å². The zero-order chi connectivity index (χ0) is 15.6. The summed E-state index contributed by atoms with van der Waals surface area (Å²) in [6, 6.07) is 4.28. The Morgan fingerprint density at radius 2 is 2.18 bits per heavy atom. The van der Waals surface area contributed by atoms with E-state index in [2.05, 4.69) is 50.0 Å². The van der Waals surface area contributed by atoms with Crippen LogP contribution in [-0.4, -0.2) is 52.8 Å². The fourth-order valence-electron chi connectivity index (χ4n) is 2.18. The molecular formula is C15H24N6S. The molecule has 120 valence electrons. The molecular weight excluding hydrogens is 296 g/mol. The van der Waals surface area contributed by atoms with E-state index in [4.69, 9.17) is 0 Å². The fraction of sp³-hybridized carbons (Fsp3) is 0.533. The third-order valence-corrected chi connectivity index (χ3v) is 4.38. The molecule has 0 saturated carbocycles. The van der Waals surface area contributed by atoms with Crippen molar-refractivity contribution in [3.8, 4) is 0 Å². The number of aliphatic imine (C=N–C) groups is 1. The molecule has 7 heteroatoms. The van der Waals surface area contributed by atoms with Gasteiger partial charge in [0, 0.05) is 38.6 Å². The molecule has 0 radical (unpaired) electrons. The van der Waals surface area contributed by atoms with Crippen LogP contribution in [0.1, 0.15) is 17.7 Å². The zero-order valence-corrected chi connectivity index (χ0v) is 14.1. The molecule has 6 nitrogen and oxygen atoms in total. The minimum atomic E-state index is 0.929. The molecule has 1 N–H and O–H groups in total. The summed E-state index contributed by atoms with van der Waals surface area (Å²) in [7, 11) is 3.92. The summed E-state index contributed by atoms with van der Waals surface area (Å²) in [5.74, 6) is 0.959. The van der Waals surface area contributed by atoms with E-state index in [1.54, 1.807) is 12.7 Å². The maximum absolute atomic E-state index is 4.35. The number of aromatic nitrogens is 3. The topological polar surface area (TPSA) is 58.3 Å². The molecule has 0 atom stereocenters. The van der Waals surface area contributed by atoms with Gasteiger partial charge in [-0.1, -0.05) is 6.07 Å². The van der Waals surface area contributed by atoms with E-state index in [1.165, 1.54) is 4.88 Å². The highest BCUT2D eigenvalue weighted by Crippen LogP contribution is 2.09. The van der Waals surface area contributed by atoms with Crippen LogP contribution in [0.15, 0.2) is 35.2 Å². The Bertz CT molecular complexity index is 534. The second-order valence-corrected chi connectivity index (χ2v) is 6.16. The normalized spacial score (nSPS) is 11.6. The summed E-state index contributed by atoms with van der Waals surface area (Å²) in [5.41, 5.74) is 0. The lowest BCUT2D eigenvalue weighted by Crippen LogP contribution is -2.40. The SMILES string of the molecule is CN=C(NCCCCn1cnnc1)N(C)CCc1cccs1. The molecule has 2 aromatic heterocycles. The van der Waals surface area contributed by atoms with E-state index < -0.39 is 0 Å². The maximum atomic E-state index is 4.35. The molecule has 2 rings (SSSR count). The minimum Gasteiger partial charge on any atom is -0.356 e. The first-order chi connectivity index (χ1) is 10.8. The number of aryl methyl sites for hydroxylation is 1. The Balaban J connectivity index is 1.61. The highest BCUT2D eigenvalue weighted by atomic mass is 32.1. The standard InChI is InChI=1S/C15H24N6S/c1-16-15(20(2)10-7-14-6-5-11-22-14)17-8-3-4-9-21-12-18-19-13-21/h5-6,11-13H,3-4,7-10H2,1-2H3,(H,16,17). The van der Waals surface area contributed by atoms with Gasteiger partial charge in [0.1, 0.15) is 12.7 Å². The van der Waals surface area contributed by atoms with Gasteiger partial charge in [-0.15, -0.1) is 21.5 Å². The lowest BCUT2D eigenvalue weighted by atomic mass is 10.3. The van der Waals surface area contributed by atoms with Gasteiger partial charge in [0.05, 0.1) is 0 Å². The van der Waals surface area contributed by atoms with Crippen molar-refractivity contribution in [1.29, 1.82) is 0 Å². The molecule has 0 bridgehead atoms. The van der Waals surface area contributed by atoms with Crippen molar-refractivity contribution in [3.63, 3.8) is 0 Å². The monoisotopic (exact) mass is 320 g/mol. The first-order valence-corrected chi connectivity index (χ1v) is 8.44. The number of unbranched alkanes of at least 4 members (excludes halogenated alkanes) is 1. The Kier molecular flexibility index (Phi) is 6.89. The molecule has 22 heavy (non-hydrogen) atoms. The molecule has 0 aliphatic carbocycles. The van der Waals surface area contributed by atoms with Gasteiger partial charge in [-0.3, -0.25) is 4.99 Å². The highest BCUT2D eigenvalue weighted by molar-refractivity contribution is 7.09. The highest BCUT2D eigenvalue weighted by Gasteiger charge is 2.05. The average Bonchev–Trinajstić information content (AvgIpc) is 3.21. The van der Waals surface area contributed by atoms with Gasteiger partial charge in [-0.25, -0.2) is 0 Å². The lowest BCUT2D eigenvalue weighted by molar-refractivity contribution is 0.482. The fourth-order valence-corrected chi connectivity index (χ4v) is 2.88. The van der Waals surface area contributed by atoms with Crippen molar-refractivity contribution in [2.45, 2.75) is 25.8 Å². The van der Waals surface area contributed by atoms with Crippen molar-refractivity contribution in [1.82, 2.24) is 25.0 Å². The van der Waals surface area contributed by atoms with Crippen molar-refractivity contribution >= 4 is 17.3 Å². The van der Waals surface area contributed by atoms with Crippen molar-refractivity contribution in [2.75, 3.05) is 27.2 Å². The third-order valence-electron chi connectivity index (χ3n) is 3.44. The predicted molar refractivity (Wildman–Crippen MR) is 91.3 cm³/mol. The van der Waals surface area contributed by atoms with Gasteiger partial charge >= 0.3 is 0 Å². The van der Waals surface area contributed by atoms with Crippen molar-refractivity contribution in [2.24, 2.45) is 4.99 Å². The van der Waals surface area contributed by atoms with Gasteiger partial charge in [-0.2, -0.15) is 0 Å². The van der Waals surface area contributed by atoms with Crippen LogP contribution in [0.5, 0.6) is 0 Å². The van der Waals surface area contributed by atoms with Gasteiger partial charge in [-0.05, 0) is 30.7 Å². The quantitative estimate of drug-likeness (QED) is 0.458. The Hall–Kier alpha value is -1.89. The van der Waals surface area contributed by atoms with E-state index in [0.29, 0.717) is 0 Å². The van der Waals surface area contributed by atoms with Crippen molar-refractivity contribution in [3.05, 3.63) is 35.0 Å². The Morgan fingerprint density at radius 1 is 1.36 bits per heavy atom. The van der Waals surface area contributed by atoms with Crippen LogP contribution in [0.25, 0.3) is 0 Å². The first kappa shape index (κ1) is 16.5. The van der Waals surface area contributed by atoms with Gasteiger partial charge in [0.2, 0.25) is 0 Å². The van der Waals surface area contributed by atoms with Crippen LogP contribution in [0, 0.1) is 0 Å². The Labute approximate surface area is 135 Å². The maximum Gasteiger partial charge on any atom is 0.193 e. The first-order valence-electron chi connectivity index (χ1n) is 7.56. The minimum absolute atomic E-state index is 0.929. The number of nitrogens with one attached hydrogen (secondary N) is 1. The Morgan fingerprint density at radius 3 is 2.86 bits per heavy atom. The number of hydrogen-bond donors (Lipinski definition) is 1. The van der Waals surface area contributed by atoms with Crippen LogP contribution < -0.4 is 5.32 Å². The van der Waals surface area contributed by atoms with Crippen LogP contribution in [0.4, 0.5) is 0 Å². The number of rotatable bonds is 8. The van der Waals surface area contributed by atoms with Crippen LogP contribution >= 0.6 is 11.3 Å². The van der Waals surface area contributed by atoms with Gasteiger partial charge in [0.25, 0.3) is 0 Å². The number of nitrogens with zero attached hydrogens (tertiary/aromatic N) is 5. The number of hydrogen-bond acceptors (Lipinski definition) is 4. The molecule has 0 unspecified atom stereocenters. The lowest BCUT2D eigenvalue weighted by Gasteiger charge is -2.21. The summed E-state index contributed by atoms with van der Waals surface area (Å²) in [6.45, 7) is 2.86. The molecule has 2 heterocycles. The number of guanidine groups is 1. The second-order valence-electron chi connectivity index (χ2n) is 5.13. The molecule has 2 aromatic rings. The van der Waals surface area contributed by atoms with Crippen molar-refractivity contribution < 1.29 is 0 Å². The summed E-state index contributed by atoms with van der Waals surface area (Å²) < 4.78 is 2.00. The average molecular weight is 320 g/mol. The molecule has 0 aliphatic rings. The van der Waals surface area contributed by atoms with E-state index >= 15 is 0 Å². The summed E-state index contributed by atoms with van der Waals surface area (Å²) >= 11 is 1.81. The van der Waals surface area contributed by atoms with E-state index in [0.717, 1.165) is 44.9 Å². The summed E-state index contributed by atoms with van der Waals surface area (Å²) in [5, 5.41) is 13.1.